The zero-order chi connectivity index (χ0) is 21.5. The van der Waals surface area contributed by atoms with E-state index in [2.05, 4.69) is 0 Å². The highest BCUT2D eigenvalue weighted by atomic mass is 32.2. The summed E-state index contributed by atoms with van der Waals surface area (Å²) in [5, 5.41) is 0. The molecule has 1 saturated heterocycles. The Kier molecular flexibility index (Phi) is 6.04. The molecule has 30 heavy (non-hydrogen) atoms. The molecule has 1 aromatic rings. The molecule has 2 aliphatic carbocycles. The Labute approximate surface area is 179 Å². The molecule has 0 spiro atoms. The second-order valence-corrected chi connectivity index (χ2v) is 11.1. The number of amides is 2. The molecule has 1 aliphatic heterocycles. The van der Waals surface area contributed by atoms with Gasteiger partial charge in [0.1, 0.15) is 0 Å². The Morgan fingerprint density at radius 2 is 1.50 bits per heavy atom. The molecular weight excluding hydrogens is 400 g/mol. The highest BCUT2D eigenvalue weighted by Crippen LogP contribution is 2.39. The fraction of sp³-hybridized carbons (Fsp3) is 0.652. The molecule has 0 aromatic heterocycles. The molecule has 7 heteroatoms. The van der Waals surface area contributed by atoms with E-state index in [1.165, 1.54) is 15.6 Å². The lowest BCUT2D eigenvalue weighted by Crippen LogP contribution is -2.38. The molecule has 4 rings (SSSR count). The SMILES string of the molecule is Cc1ccc(CN2C(=O)[C@H]3CCCC[C@H]3C2=O)cc1S(=O)(=O)N(C)C1CCCCC1. The lowest BCUT2D eigenvalue weighted by molar-refractivity contribution is -0.140. The van der Waals surface area contributed by atoms with Crippen LogP contribution in [-0.4, -0.2) is 42.5 Å². The standard InChI is InChI=1S/C23H32N2O4S/c1-16-12-13-17(15-25-22(26)19-10-6-7-11-20(19)23(25)27)14-21(16)30(28,29)24(2)18-8-4-3-5-9-18/h12-14,18-20H,3-11,15H2,1-2H3/t19-,20+. The van der Waals surface area contributed by atoms with Crippen LogP contribution in [0.15, 0.2) is 23.1 Å². The van der Waals surface area contributed by atoms with Crippen molar-refractivity contribution in [3.63, 3.8) is 0 Å². The number of hydrogen-bond donors (Lipinski definition) is 0. The van der Waals surface area contributed by atoms with E-state index in [4.69, 9.17) is 0 Å². The van der Waals surface area contributed by atoms with Crippen molar-refractivity contribution in [2.75, 3.05) is 7.05 Å². The predicted molar refractivity (Wildman–Crippen MR) is 114 cm³/mol. The van der Waals surface area contributed by atoms with Gasteiger partial charge in [-0.1, -0.05) is 44.2 Å². The molecule has 0 bridgehead atoms. The van der Waals surface area contributed by atoms with Crippen molar-refractivity contribution in [3.05, 3.63) is 29.3 Å². The topological polar surface area (TPSA) is 74.8 Å². The van der Waals surface area contributed by atoms with E-state index in [1.54, 1.807) is 26.1 Å². The van der Waals surface area contributed by atoms with Crippen LogP contribution in [0, 0.1) is 18.8 Å². The first-order valence-electron chi connectivity index (χ1n) is 11.2. The zero-order valence-electron chi connectivity index (χ0n) is 18.0. The Bertz CT molecular complexity index is 913. The molecule has 3 aliphatic rings. The normalized spacial score (nSPS) is 25.8. The summed E-state index contributed by atoms with van der Waals surface area (Å²) in [6, 6.07) is 5.32. The number of rotatable bonds is 5. The van der Waals surface area contributed by atoms with Crippen LogP contribution in [0.3, 0.4) is 0 Å². The first-order chi connectivity index (χ1) is 14.3. The Morgan fingerprint density at radius 3 is 2.10 bits per heavy atom. The van der Waals surface area contributed by atoms with Gasteiger partial charge in [0.15, 0.2) is 0 Å². The summed E-state index contributed by atoms with van der Waals surface area (Å²) in [7, 11) is -1.95. The van der Waals surface area contributed by atoms with E-state index >= 15 is 0 Å². The summed E-state index contributed by atoms with van der Waals surface area (Å²) in [5.41, 5.74) is 1.38. The fourth-order valence-corrected chi connectivity index (χ4v) is 7.07. The van der Waals surface area contributed by atoms with Crippen LogP contribution in [-0.2, 0) is 26.2 Å². The molecule has 164 valence electrons. The number of fused-ring (bicyclic) bond motifs is 1. The van der Waals surface area contributed by atoms with Crippen molar-refractivity contribution in [1.82, 2.24) is 9.21 Å². The van der Waals surface area contributed by atoms with Crippen LogP contribution in [0.2, 0.25) is 0 Å². The first kappa shape index (κ1) is 21.5. The van der Waals surface area contributed by atoms with Crippen LogP contribution >= 0.6 is 0 Å². The van der Waals surface area contributed by atoms with Gasteiger partial charge in [0.05, 0.1) is 23.3 Å². The summed E-state index contributed by atoms with van der Waals surface area (Å²) in [6.45, 7) is 1.95. The smallest absolute Gasteiger partial charge is 0.243 e. The largest absolute Gasteiger partial charge is 0.278 e. The molecule has 1 heterocycles. The molecule has 2 saturated carbocycles. The van der Waals surface area contributed by atoms with E-state index in [0.29, 0.717) is 11.1 Å². The third-order valence-electron chi connectivity index (χ3n) is 7.27. The van der Waals surface area contributed by atoms with Gasteiger partial charge in [0, 0.05) is 13.1 Å². The number of benzene rings is 1. The van der Waals surface area contributed by atoms with Crippen molar-refractivity contribution in [2.45, 2.75) is 82.2 Å². The predicted octanol–water partition coefficient (Wildman–Crippen LogP) is 3.62. The van der Waals surface area contributed by atoms with Crippen LogP contribution < -0.4 is 0 Å². The second-order valence-electron chi connectivity index (χ2n) is 9.17. The molecule has 6 nitrogen and oxygen atoms in total. The lowest BCUT2D eigenvalue weighted by atomic mass is 9.81. The van der Waals surface area contributed by atoms with Gasteiger partial charge in [0.25, 0.3) is 0 Å². The van der Waals surface area contributed by atoms with E-state index < -0.39 is 10.0 Å². The summed E-state index contributed by atoms with van der Waals surface area (Å²) < 4.78 is 28.2. The second kappa shape index (κ2) is 8.42. The number of hydrogen-bond acceptors (Lipinski definition) is 4. The lowest BCUT2D eigenvalue weighted by Gasteiger charge is -2.31. The molecular formula is C23H32N2O4S. The quantitative estimate of drug-likeness (QED) is 0.666. The Balaban J connectivity index is 1.57. The summed E-state index contributed by atoms with van der Waals surface area (Å²) in [5.74, 6) is -0.544. The monoisotopic (exact) mass is 432 g/mol. The molecule has 0 unspecified atom stereocenters. The summed E-state index contributed by atoms with van der Waals surface area (Å²) in [6.07, 6.45) is 8.64. The van der Waals surface area contributed by atoms with Gasteiger partial charge in [0.2, 0.25) is 21.8 Å². The summed E-state index contributed by atoms with van der Waals surface area (Å²) in [4.78, 5) is 27.2. The maximum Gasteiger partial charge on any atom is 0.243 e. The zero-order valence-corrected chi connectivity index (χ0v) is 18.8. The molecule has 0 N–H and O–H groups in total. The average Bonchev–Trinajstić information content (AvgIpc) is 3.00. The van der Waals surface area contributed by atoms with Gasteiger partial charge in [-0.05, 0) is 49.8 Å². The van der Waals surface area contributed by atoms with Crippen molar-refractivity contribution >= 4 is 21.8 Å². The van der Waals surface area contributed by atoms with E-state index in [9.17, 15) is 18.0 Å². The van der Waals surface area contributed by atoms with Crippen molar-refractivity contribution < 1.29 is 18.0 Å². The molecule has 0 radical (unpaired) electrons. The van der Waals surface area contributed by atoms with Crippen LogP contribution in [0.1, 0.15) is 68.9 Å². The number of sulfonamides is 1. The minimum atomic E-state index is -3.63. The molecule has 2 atom stereocenters. The average molecular weight is 433 g/mol. The van der Waals surface area contributed by atoms with E-state index in [-0.39, 0.29) is 41.1 Å². The van der Waals surface area contributed by atoms with Crippen molar-refractivity contribution in [1.29, 1.82) is 0 Å². The van der Waals surface area contributed by atoms with Crippen LogP contribution in [0.5, 0.6) is 0 Å². The van der Waals surface area contributed by atoms with Gasteiger partial charge in [-0.3, -0.25) is 14.5 Å². The third kappa shape index (κ3) is 3.82. The van der Waals surface area contributed by atoms with Gasteiger partial charge in [-0.25, -0.2) is 8.42 Å². The van der Waals surface area contributed by atoms with Gasteiger partial charge < -0.3 is 0 Å². The van der Waals surface area contributed by atoms with Gasteiger partial charge in [-0.15, -0.1) is 0 Å². The Morgan fingerprint density at radius 1 is 0.933 bits per heavy atom. The number of imide groups is 1. The van der Waals surface area contributed by atoms with Crippen molar-refractivity contribution in [2.24, 2.45) is 11.8 Å². The highest BCUT2D eigenvalue weighted by Gasteiger charge is 2.48. The number of aryl methyl sites for hydroxylation is 1. The molecule has 1 aromatic carbocycles. The number of nitrogens with zero attached hydrogens (tertiary/aromatic N) is 2. The minimum Gasteiger partial charge on any atom is -0.278 e. The van der Waals surface area contributed by atoms with Crippen LogP contribution in [0.4, 0.5) is 0 Å². The first-order valence-corrected chi connectivity index (χ1v) is 12.7. The molecule has 2 amide bonds. The maximum atomic E-state index is 13.4. The number of likely N-dealkylation sites (tertiary alicyclic amines) is 1. The van der Waals surface area contributed by atoms with Crippen LogP contribution in [0.25, 0.3) is 0 Å². The van der Waals surface area contributed by atoms with E-state index in [0.717, 1.165) is 51.4 Å². The molecule has 3 fully saturated rings. The number of carbonyl (C=O) groups is 2. The fourth-order valence-electron chi connectivity index (χ4n) is 5.39. The highest BCUT2D eigenvalue weighted by molar-refractivity contribution is 7.89. The van der Waals surface area contributed by atoms with Gasteiger partial charge >= 0.3 is 0 Å². The van der Waals surface area contributed by atoms with E-state index in [1.807, 2.05) is 6.07 Å². The number of carbonyl (C=O) groups excluding carboxylic acids is 2. The van der Waals surface area contributed by atoms with Crippen molar-refractivity contribution in [3.8, 4) is 0 Å². The minimum absolute atomic E-state index is 0.0386. The summed E-state index contributed by atoms with van der Waals surface area (Å²) >= 11 is 0. The maximum absolute atomic E-state index is 13.4. The third-order valence-corrected chi connectivity index (χ3v) is 9.32. The Hall–Kier alpha value is -1.73. The van der Waals surface area contributed by atoms with Gasteiger partial charge in [-0.2, -0.15) is 4.31 Å².